The van der Waals surface area contributed by atoms with Gasteiger partial charge in [-0.15, -0.1) is 0 Å². The molecule has 0 aliphatic carbocycles. The molecule has 2 heterocycles. The molecule has 0 radical (unpaired) electrons. The first kappa shape index (κ1) is 20.4. The molecule has 0 saturated carbocycles. The Labute approximate surface area is 149 Å². The summed E-state index contributed by atoms with van der Waals surface area (Å²) in [6.45, 7) is 2.75. The van der Waals surface area contributed by atoms with Gasteiger partial charge in [0.25, 0.3) is 0 Å². The summed E-state index contributed by atoms with van der Waals surface area (Å²) in [6.07, 6.45) is -2.43. The van der Waals surface area contributed by atoms with E-state index in [1.54, 1.807) is 10.2 Å². The smallest absolute Gasteiger partial charge is 0.342 e. The van der Waals surface area contributed by atoms with Crippen molar-refractivity contribution in [3.05, 3.63) is 0 Å². The number of hydrogen-bond donors (Lipinski definition) is 2. The number of hydrogen-bond acceptors (Lipinski definition) is 5. The van der Waals surface area contributed by atoms with E-state index in [1.807, 2.05) is 15.1 Å². The maximum atomic E-state index is 12.1. The zero-order valence-corrected chi connectivity index (χ0v) is 14.5. The van der Waals surface area contributed by atoms with Crippen molar-refractivity contribution in [1.29, 1.82) is 0 Å². The first-order chi connectivity index (χ1) is 12.2. The van der Waals surface area contributed by atoms with Gasteiger partial charge in [0.1, 0.15) is 6.54 Å². The van der Waals surface area contributed by atoms with Crippen LogP contribution in [-0.2, 0) is 9.59 Å². The van der Waals surface area contributed by atoms with Crippen molar-refractivity contribution < 1.29 is 27.6 Å². The number of nitrogens with zero attached hydrogens (tertiary/aromatic N) is 3. The summed E-state index contributed by atoms with van der Waals surface area (Å²) in [5, 5.41) is 3.46. The van der Waals surface area contributed by atoms with Gasteiger partial charge in [-0.2, -0.15) is 13.2 Å². The van der Waals surface area contributed by atoms with Crippen LogP contribution in [0, 0.1) is 0 Å². The van der Waals surface area contributed by atoms with Crippen molar-refractivity contribution in [2.45, 2.75) is 19.0 Å². The van der Waals surface area contributed by atoms with Crippen molar-refractivity contribution in [2.75, 3.05) is 58.9 Å². The second kappa shape index (κ2) is 9.17. The quantitative estimate of drug-likeness (QED) is 0.680. The highest BCUT2D eigenvalue weighted by atomic mass is 19.4. The first-order valence-electron chi connectivity index (χ1n) is 8.60. The predicted molar refractivity (Wildman–Crippen MR) is 86.3 cm³/mol. The third-order valence-corrected chi connectivity index (χ3v) is 4.35. The number of amides is 4. The number of imide groups is 1. The van der Waals surface area contributed by atoms with Crippen LogP contribution in [0.15, 0.2) is 0 Å². The number of carbonyl (C=O) groups is 3. The summed E-state index contributed by atoms with van der Waals surface area (Å²) in [5.41, 5.74) is 0. The van der Waals surface area contributed by atoms with Crippen LogP contribution in [0.2, 0.25) is 0 Å². The Bertz CT molecular complexity index is 515. The molecule has 0 unspecified atom stereocenters. The number of halogens is 3. The fraction of sp³-hybridized carbons (Fsp3) is 0.800. The van der Waals surface area contributed by atoms with Gasteiger partial charge >= 0.3 is 12.2 Å². The second-order valence-corrected chi connectivity index (χ2v) is 6.49. The van der Waals surface area contributed by atoms with Crippen LogP contribution in [0.5, 0.6) is 0 Å². The van der Waals surface area contributed by atoms with Crippen LogP contribution >= 0.6 is 0 Å². The van der Waals surface area contributed by atoms with Gasteiger partial charge in [-0.05, 0) is 12.8 Å². The number of piperazine rings is 1. The summed E-state index contributed by atoms with van der Waals surface area (Å²) in [7, 11) is 0. The van der Waals surface area contributed by atoms with Crippen LogP contribution < -0.4 is 10.6 Å². The number of alkyl halides is 3. The van der Waals surface area contributed by atoms with Gasteiger partial charge in [-0.3, -0.25) is 24.7 Å². The first-order valence-corrected chi connectivity index (χ1v) is 8.60. The fourth-order valence-corrected chi connectivity index (χ4v) is 2.96. The molecule has 11 heteroatoms. The number of carbonyl (C=O) groups excluding carboxylic acids is 3. The Kier molecular flexibility index (Phi) is 7.21. The molecule has 0 aromatic heterocycles. The molecule has 0 spiro atoms. The van der Waals surface area contributed by atoms with E-state index in [2.05, 4.69) is 0 Å². The summed E-state index contributed by atoms with van der Waals surface area (Å²) >= 11 is 0. The molecule has 0 aromatic carbocycles. The number of likely N-dealkylation sites (tertiary alicyclic amines) is 1. The molecule has 26 heavy (non-hydrogen) atoms. The van der Waals surface area contributed by atoms with Gasteiger partial charge in [0.15, 0.2) is 0 Å². The average molecular weight is 379 g/mol. The summed E-state index contributed by atoms with van der Waals surface area (Å²) in [4.78, 5) is 40.7. The highest BCUT2D eigenvalue weighted by Crippen LogP contribution is 2.12. The molecule has 148 valence electrons. The second-order valence-electron chi connectivity index (χ2n) is 6.49. The summed E-state index contributed by atoms with van der Waals surface area (Å²) in [6, 6.07) is -1.16. The van der Waals surface area contributed by atoms with E-state index in [0.29, 0.717) is 32.7 Å². The molecule has 8 nitrogen and oxygen atoms in total. The zero-order valence-electron chi connectivity index (χ0n) is 14.5. The maximum Gasteiger partial charge on any atom is 0.405 e. The van der Waals surface area contributed by atoms with Gasteiger partial charge in [-0.1, -0.05) is 0 Å². The number of rotatable bonds is 5. The summed E-state index contributed by atoms with van der Waals surface area (Å²) < 4.78 is 36.0. The Morgan fingerprint density at radius 1 is 0.846 bits per heavy atom. The maximum absolute atomic E-state index is 12.1. The van der Waals surface area contributed by atoms with E-state index in [0.717, 1.165) is 25.9 Å². The molecule has 2 aliphatic heterocycles. The standard InChI is InChI=1S/C15H24F3N5O3/c16-15(17,18)11-19-14(26)20-12(24)9-21-5-7-22(8-6-21)10-13(25)23-3-1-2-4-23/h1-11H2,(H2,19,20,24,26). The van der Waals surface area contributed by atoms with E-state index in [-0.39, 0.29) is 12.5 Å². The molecule has 2 fully saturated rings. The molecule has 0 atom stereocenters. The fourth-order valence-electron chi connectivity index (χ4n) is 2.96. The lowest BCUT2D eigenvalue weighted by Crippen LogP contribution is -2.53. The molecule has 2 N–H and O–H groups in total. The largest absolute Gasteiger partial charge is 0.405 e. The molecule has 2 saturated heterocycles. The Morgan fingerprint density at radius 3 is 1.92 bits per heavy atom. The molecule has 2 aliphatic rings. The minimum Gasteiger partial charge on any atom is -0.342 e. The monoisotopic (exact) mass is 379 g/mol. The lowest BCUT2D eigenvalue weighted by Gasteiger charge is -2.34. The third-order valence-electron chi connectivity index (χ3n) is 4.35. The number of nitrogens with one attached hydrogen (secondary N) is 2. The zero-order chi connectivity index (χ0) is 19.2. The van der Waals surface area contributed by atoms with Crippen molar-refractivity contribution in [1.82, 2.24) is 25.3 Å². The summed E-state index contributed by atoms with van der Waals surface area (Å²) in [5.74, 6) is -0.540. The molecule has 4 amide bonds. The topological polar surface area (TPSA) is 85.0 Å². The Morgan fingerprint density at radius 2 is 1.38 bits per heavy atom. The van der Waals surface area contributed by atoms with E-state index >= 15 is 0 Å². The van der Waals surface area contributed by atoms with Crippen LogP contribution in [0.4, 0.5) is 18.0 Å². The van der Waals surface area contributed by atoms with Gasteiger partial charge in [0, 0.05) is 39.3 Å². The molecule has 2 rings (SSSR count). The van der Waals surface area contributed by atoms with Gasteiger partial charge in [-0.25, -0.2) is 4.79 Å². The number of urea groups is 1. The SMILES string of the molecule is O=C(CN1CCN(CC(=O)N2CCCC2)CC1)NC(=O)NCC(F)(F)F. The molecular weight excluding hydrogens is 355 g/mol. The normalized spacial score (nSPS) is 19.4. The molecular formula is C15H24F3N5O3. The lowest BCUT2D eigenvalue weighted by atomic mass is 10.3. The molecule has 0 bridgehead atoms. The van der Waals surface area contributed by atoms with Crippen molar-refractivity contribution in [3.8, 4) is 0 Å². The van der Waals surface area contributed by atoms with Crippen molar-refractivity contribution in [3.63, 3.8) is 0 Å². The van der Waals surface area contributed by atoms with E-state index in [4.69, 9.17) is 0 Å². The van der Waals surface area contributed by atoms with Crippen LogP contribution in [0.25, 0.3) is 0 Å². The van der Waals surface area contributed by atoms with Gasteiger partial charge in [0.05, 0.1) is 13.1 Å². The Hall–Kier alpha value is -1.88. The average Bonchev–Trinajstić information content (AvgIpc) is 3.09. The van der Waals surface area contributed by atoms with Crippen molar-refractivity contribution >= 4 is 17.8 Å². The van der Waals surface area contributed by atoms with E-state index in [1.165, 1.54) is 0 Å². The predicted octanol–water partition coefficient (Wildman–Crippen LogP) is -0.385. The van der Waals surface area contributed by atoms with Gasteiger partial charge in [0.2, 0.25) is 11.8 Å². The minimum atomic E-state index is -4.52. The highest BCUT2D eigenvalue weighted by molar-refractivity contribution is 5.95. The molecule has 0 aromatic rings. The minimum absolute atomic E-state index is 0.0760. The third kappa shape index (κ3) is 7.16. The van der Waals surface area contributed by atoms with E-state index < -0.39 is 24.7 Å². The lowest BCUT2D eigenvalue weighted by molar-refractivity contribution is -0.132. The Balaban J connectivity index is 1.62. The van der Waals surface area contributed by atoms with Crippen molar-refractivity contribution in [2.24, 2.45) is 0 Å². The van der Waals surface area contributed by atoms with E-state index in [9.17, 15) is 27.6 Å². The van der Waals surface area contributed by atoms with Crippen LogP contribution in [0.3, 0.4) is 0 Å². The van der Waals surface area contributed by atoms with Gasteiger partial charge < -0.3 is 10.2 Å². The van der Waals surface area contributed by atoms with Crippen LogP contribution in [-0.4, -0.2) is 97.6 Å². The van der Waals surface area contributed by atoms with Crippen LogP contribution in [0.1, 0.15) is 12.8 Å². The highest BCUT2D eigenvalue weighted by Gasteiger charge is 2.28.